The first-order valence-electron chi connectivity index (χ1n) is 12.3. The van der Waals surface area contributed by atoms with E-state index in [0.29, 0.717) is 52.8 Å². The standard InChI is InChI=1S/C29H35NO6/c1-7-33-24-16-22(14-15-23(24)36-17-21-12-10-18(4)11-13-21)27-25(28(31)34-8-2)19(5)30-20(6)26(27)29(32)35-9-3/h10-16,27,30H,7-9,17H2,1-6H3. The second kappa shape index (κ2) is 12.3. The lowest BCUT2D eigenvalue weighted by molar-refractivity contribution is -0.139. The van der Waals surface area contributed by atoms with E-state index in [1.165, 1.54) is 5.56 Å². The van der Waals surface area contributed by atoms with Crippen LogP contribution in [0.1, 0.15) is 57.2 Å². The monoisotopic (exact) mass is 493 g/mol. The number of aryl methyl sites for hydroxylation is 1. The first kappa shape index (κ1) is 26.9. The SMILES string of the molecule is CCOC(=O)C1=C(C)NC(C)=C(C(=O)OCC)C1c1ccc(OCc2ccc(C)cc2)c(OCC)c1. The molecule has 0 atom stereocenters. The van der Waals surface area contributed by atoms with Crippen LogP contribution in [-0.4, -0.2) is 31.8 Å². The average molecular weight is 494 g/mol. The molecule has 1 heterocycles. The van der Waals surface area contributed by atoms with Crippen molar-refractivity contribution in [1.29, 1.82) is 0 Å². The number of ether oxygens (including phenoxy) is 4. The van der Waals surface area contributed by atoms with E-state index in [-0.39, 0.29) is 13.2 Å². The minimum Gasteiger partial charge on any atom is -0.490 e. The summed E-state index contributed by atoms with van der Waals surface area (Å²) in [5.41, 5.74) is 4.90. The molecule has 7 nitrogen and oxygen atoms in total. The van der Waals surface area contributed by atoms with Crippen molar-refractivity contribution in [2.45, 2.75) is 54.1 Å². The van der Waals surface area contributed by atoms with E-state index in [9.17, 15) is 9.59 Å². The Labute approximate surface area is 213 Å². The van der Waals surface area contributed by atoms with Gasteiger partial charge in [0, 0.05) is 11.4 Å². The Bertz CT molecular complexity index is 1120. The van der Waals surface area contributed by atoms with Gasteiger partial charge in [0.25, 0.3) is 0 Å². The summed E-state index contributed by atoms with van der Waals surface area (Å²) in [7, 11) is 0. The van der Waals surface area contributed by atoms with Gasteiger partial charge in [0.05, 0.1) is 36.9 Å². The normalized spacial score (nSPS) is 13.8. The lowest BCUT2D eigenvalue weighted by atomic mass is 9.80. The first-order chi connectivity index (χ1) is 17.3. The second-order valence-electron chi connectivity index (χ2n) is 8.49. The molecule has 0 amide bonds. The third-order valence-electron chi connectivity index (χ3n) is 5.87. The van der Waals surface area contributed by atoms with Crippen molar-refractivity contribution in [1.82, 2.24) is 5.32 Å². The van der Waals surface area contributed by atoms with Crippen LogP contribution in [0.5, 0.6) is 11.5 Å². The Kier molecular flexibility index (Phi) is 9.17. The summed E-state index contributed by atoms with van der Waals surface area (Å²) in [6.07, 6.45) is 0. The van der Waals surface area contributed by atoms with E-state index >= 15 is 0 Å². The maximum absolute atomic E-state index is 13.0. The van der Waals surface area contributed by atoms with E-state index in [2.05, 4.69) is 5.32 Å². The summed E-state index contributed by atoms with van der Waals surface area (Å²) in [5.74, 6) is -0.553. The fourth-order valence-electron chi connectivity index (χ4n) is 4.22. The highest BCUT2D eigenvalue weighted by Gasteiger charge is 2.38. The molecule has 2 aromatic carbocycles. The molecule has 3 rings (SSSR count). The number of allylic oxidation sites excluding steroid dienone is 2. The van der Waals surface area contributed by atoms with Gasteiger partial charge in [-0.2, -0.15) is 0 Å². The maximum Gasteiger partial charge on any atom is 0.336 e. The number of dihydropyridines is 1. The molecule has 0 aromatic heterocycles. The van der Waals surface area contributed by atoms with Crippen molar-refractivity contribution < 1.29 is 28.5 Å². The molecular weight excluding hydrogens is 458 g/mol. The van der Waals surface area contributed by atoms with Gasteiger partial charge in [0.2, 0.25) is 0 Å². The zero-order valence-electron chi connectivity index (χ0n) is 21.9. The summed E-state index contributed by atoms with van der Waals surface area (Å²) < 4.78 is 22.7. The van der Waals surface area contributed by atoms with Gasteiger partial charge in [-0.1, -0.05) is 35.9 Å². The highest BCUT2D eigenvalue weighted by Crippen LogP contribution is 2.42. The number of benzene rings is 2. The van der Waals surface area contributed by atoms with E-state index < -0.39 is 17.9 Å². The number of carbonyl (C=O) groups excluding carboxylic acids is 2. The topological polar surface area (TPSA) is 83.1 Å². The Morgan fingerprint density at radius 3 is 1.86 bits per heavy atom. The molecule has 2 aromatic rings. The Morgan fingerprint density at radius 2 is 1.33 bits per heavy atom. The molecule has 1 aliphatic rings. The van der Waals surface area contributed by atoms with E-state index in [1.54, 1.807) is 27.7 Å². The third-order valence-corrected chi connectivity index (χ3v) is 5.87. The number of hydrogen-bond acceptors (Lipinski definition) is 7. The number of hydrogen-bond donors (Lipinski definition) is 1. The van der Waals surface area contributed by atoms with Crippen LogP contribution in [0.15, 0.2) is 65.0 Å². The molecule has 36 heavy (non-hydrogen) atoms. The fraction of sp³-hybridized carbons (Fsp3) is 0.379. The van der Waals surface area contributed by atoms with E-state index in [4.69, 9.17) is 18.9 Å². The number of esters is 2. The van der Waals surface area contributed by atoms with Crippen molar-refractivity contribution in [3.05, 3.63) is 81.7 Å². The summed E-state index contributed by atoms with van der Waals surface area (Å²) in [4.78, 5) is 26.1. The highest BCUT2D eigenvalue weighted by atomic mass is 16.5. The van der Waals surface area contributed by atoms with Gasteiger partial charge >= 0.3 is 11.9 Å². The van der Waals surface area contributed by atoms with Gasteiger partial charge in [-0.25, -0.2) is 9.59 Å². The number of carbonyl (C=O) groups is 2. The molecule has 0 aliphatic carbocycles. The summed E-state index contributed by atoms with van der Waals surface area (Å²) >= 11 is 0. The molecular formula is C29H35NO6. The zero-order chi connectivity index (χ0) is 26.2. The molecule has 7 heteroatoms. The molecule has 0 bridgehead atoms. The minimum atomic E-state index is -0.685. The number of nitrogens with one attached hydrogen (secondary N) is 1. The molecule has 0 radical (unpaired) electrons. The lowest BCUT2D eigenvalue weighted by Crippen LogP contribution is -2.32. The molecule has 0 unspecified atom stereocenters. The van der Waals surface area contributed by atoms with Crippen LogP contribution in [0.3, 0.4) is 0 Å². The van der Waals surface area contributed by atoms with Crippen LogP contribution >= 0.6 is 0 Å². The average Bonchev–Trinajstić information content (AvgIpc) is 2.84. The van der Waals surface area contributed by atoms with Gasteiger partial charge in [0.1, 0.15) is 6.61 Å². The van der Waals surface area contributed by atoms with Crippen molar-refractivity contribution in [2.75, 3.05) is 19.8 Å². The van der Waals surface area contributed by atoms with Crippen molar-refractivity contribution >= 4 is 11.9 Å². The Morgan fingerprint density at radius 1 is 0.750 bits per heavy atom. The highest BCUT2D eigenvalue weighted by molar-refractivity contribution is 6.00. The molecule has 0 fully saturated rings. The van der Waals surface area contributed by atoms with Gasteiger partial charge < -0.3 is 24.3 Å². The summed E-state index contributed by atoms with van der Waals surface area (Å²) in [6, 6.07) is 13.6. The molecule has 192 valence electrons. The van der Waals surface area contributed by atoms with Crippen LogP contribution < -0.4 is 14.8 Å². The van der Waals surface area contributed by atoms with Gasteiger partial charge in [0.15, 0.2) is 11.5 Å². The first-order valence-corrected chi connectivity index (χ1v) is 12.3. The van der Waals surface area contributed by atoms with Gasteiger partial charge in [-0.3, -0.25) is 0 Å². The predicted molar refractivity (Wildman–Crippen MR) is 138 cm³/mol. The molecule has 1 N–H and O–H groups in total. The van der Waals surface area contributed by atoms with Gasteiger partial charge in [-0.05, 0) is 64.8 Å². The molecule has 0 saturated carbocycles. The fourth-order valence-corrected chi connectivity index (χ4v) is 4.22. The molecule has 1 aliphatic heterocycles. The van der Waals surface area contributed by atoms with Crippen LogP contribution in [0.4, 0.5) is 0 Å². The van der Waals surface area contributed by atoms with Crippen LogP contribution in [-0.2, 0) is 25.7 Å². The third kappa shape index (κ3) is 6.08. The zero-order valence-corrected chi connectivity index (χ0v) is 21.9. The van der Waals surface area contributed by atoms with Crippen molar-refractivity contribution in [3.8, 4) is 11.5 Å². The smallest absolute Gasteiger partial charge is 0.336 e. The van der Waals surface area contributed by atoms with Crippen LogP contribution in [0.2, 0.25) is 0 Å². The quantitative estimate of drug-likeness (QED) is 0.448. The van der Waals surface area contributed by atoms with Crippen molar-refractivity contribution in [2.24, 2.45) is 0 Å². The van der Waals surface area contributed by atoms with Gasteiger partial charge in [-0.15, -0.1) is 0 Å². The van der Waals surface area contributed by atoms with Crippen molar-refractivity contribution in [3.63, 3.8) is 0 Å². The molecule has 0 saturated heterocycles. The summed E-state index contributed by atoms with van der Waals surface area (Å²) in [5, 5.41) is 3.15. The second-order valence-corrected chi connectivity index (χ2v) is 8.49. The predicted octanol–water partition coefficient (Wildman–Crippen LogP) is 5.33. The largest absolute Gasteiger partial charge is 0.490 e. The number of rotatable bonds is 10. The summed E-state index contributed by atoms with van der Waals surface area (Å²) in [6.45, 7) is 12.3. The minimum absolute atomic E-state index is 0.218. The van der Waals surface area contributed by atoms with E-state index in [0.717, 1.165) is 5.56 Å². The van der Waals surface area contributed by atoms with Crippen LogP contribution in [0.25, 0.3) is 0 Å². The van der Waals surface area contributed by atoms with Crippen LogP contribution in [0, 0.1) is 6.92 Å². The molecule has 0 spiro atoms. The Hall–Kier alpha value is -3.74. The maximum atomic E-state index is 13.0. The van der Waals surface area contributed by atoms with E-state index in [1.807, 2.05) is 56.3 Å². The lowest BCUT2D eigenvalue weighted by Gasteiger charge is -2.30. The Balaban J connectivity index is 2.05.